The van der Waals surface area contributed by atoms with Crippen molar-refractivity contribution < 1.29 is 9.90 Å². The lowest BCUT2D eigenvalue weighted by Crippen LogP contribution is -2.22. The standard InChI is InChI=1S/C8H8N2O2S/c9-8(13)10-6-3-1-5(2-4-6)7(11)12/h1-4H,(H,11,12)(H3,9,10,13)/p-1. The van der Waals surface area contributed by atoms with E-state index in [-0.39, 0.29) is 10.7 Å². The zero-order valence-electron chi connectivity index (χ0n) is 6.61. The predicted molar refractivity (Wildman–Crippen MR) is 51.2 cm³/mol. The van der Waals surface area contributed by atoms with Crippen LogP contribution in [0, 0.1) is 0 Å². The summed E-state index contributed by atoms with van der Waals surface area (Å²) in [6.45, 7) is 0. The number of hydrogen-bond acceptors (Lipinski definition) is 3. The lowest BCUT2D eigenvalue weighted by molar-refractivity contribution is -0.255. The highest BCUT2D eigenvalue weighted by Gasteiger charge is 1.94. The molecule has 1 aromatic carbocycles. The Balaban J connectivity index is 2.81. The molecule has 0 aromatic heterocycles. The van der Waals surface area contributed by atoms with E-state index in [1.54, 1.807) is 12.1 Å². The van der Waals surface area contributed by atoms with Crippen molar-refractivity contribution in [2.24, 2.45) is 5.73 Å². The molecule has 3 N–H and O–H groups in total. The zero-order chi connectivity index (χ0) is 9.84. The number of hydrogen-bond donors (Lipinski definition) is 2. The summed E-state index contributed by atoms with van der Waals surface area (Å²) < 4.78 is 0. The molecule has 0 aliphatic heterocycles. The summed E-state index contributed by atoms with van der Waals surface area (Å²) in [4.78, 5) is 10.4. The van der Waals surface area contributed by atoms with Crippen molar-refractivity contribution in [3.8, 4) is 0 Å². The van der Waals surface area contributed by atoms with E-state index in [9.17, 15) is 9.90 Å². The van der Waals surface area contributed by atoms with Crippen LogP contribution in [0.25, 0.3) is 0 Å². The quantitative estimate of drug-likeness (QED) is 0.634. The van der Waals surface area contributed by atoms with Crippen LogP contribution in [0.2, 0.25) is 0 Å². The fourth-order valence-corrected chi connectivity index (χ4v) is 0.950. The Kier molecular flexibility index (Phi) is 2.81. The number of benzene rings is 1. The van der Waals surface area contributed by atoms with E-state index in [2.05, 4.69) is 17.5 Å². The summed E-state index contributed by atoms with van der Waals surface area (Å²) in [5.41, 5.74) is 5.98. The molecule has 5 heteroatoms. The van der Waals surface area contributed by atoms with Crippen molar-refractivity contribution in [3.63, 3.8) is 0 Å². The molecule has 68 valence electrons. The number of rotatable bonds is 2. The maximum atomic E-state index is 10.4. The minimum absolute atomic E-state index is 0.119. The molecule has 13 heavy (non-hydrogen) atoms. The Morgan fingerprint density at radius 1 is 1.38 bits per heavy atom. The number of nitrogens with one attached hydrogen (secondary N) is 1. The monoisotopic (exact) mass is 195 g/mol. The predicted octanol–water partition coefficient (Wildman–Crippen LogP) is -0.294. The summed E-state index contributed by atoms with van der Waals surface area (Å²) in [5, 5.41) is 13.2. The Morgan fingerprint density at radius 2 is 1.92 bits per heavy atom. The molecule has 0 radical (unpaired) electrons. The molecule has 0 aliphatic carbocycles. The van der Waals surface area contributed by atoms with Crippen molar-refractivity contribution in [1.29, 1.82) is 0 Å². The average Bonchev–Trinajstić information content (AvgIpc) is 2.04. The highest BCUT2D eigenvalue weighted by atomic mass is 32.1. The maximum absolute atomic E-state index is 10.4. The SMILES string of the molecule is NC(=S)Nc1ccc(C(=O)[O-])cc1. The Labute approximate surface area is 80.4 Å². The summed E-state index contributed by atoms with van der Waals surface area (Å²) >= 11 is 4.60. The fraction of sp³-hybridized carbons (Fsp3) is 0. The van der Waals surface area contributed by atoms with Gasteiger partial charge in [-0.1, -0.05) is 12.1 Å². The molecule has 0 fully saturated rings. The van der Waals surface area contributed by atoms with Gasteiger partial charge in [-0.15, -0.1) is 0 Å². The molecule has 0 amide bonds. The first-order valence-corrected chi connectivity index (χ1v) is 3.88. The van der Waals surface area contributed by atoms with Gasteiger partial charge in [0.25, 0.3) is 0 Å². The minimum Gasteiger partial charge on any atom is -0.545 e. The molecule has 4 nitrogen and oxygen atoms in total. The highest BCUT2D eigenvalue weighted by molar-refractivity contribution is 7.80. The van der Waals surface area contributed by atoms with E-state index in [4.69, 9.17) is 5.73 Å². The summed E-state index contributed by atoms with van der Waals surface area (Å²) in [7, 11) is 0. The summed E-state index contributed by atoms with van der Waals surface area (Å²) in [6.07, 6.45) is 0. The van der Waals surface area contributed by atoms with Gasteiger partial charge in [0, 0.05) is 5.69 Å². The molecule has 1 aromatic rings. The first-order valence-electron chi connectivity index (χ1n) is 3.47. The number of aromatic carboxylic acids is 1. The third kappa shape index (κ3) is 2.72. The number of carbonyl (C=O) groups excluding carboxylic acids is 1. The molecule has 0 aliphatic rings. The van der Waals surface area contributed by atoms with Gasteiger partial charge in [0.05, 0.1) is 5.97 Å². The third-order valence-corrected chi connectivity index (χ3v) is 1.49. The van der Waals surface area contributed by atoms with Gasteiger partial charge in [0.2, 0.25) is 0 Å². The average molecular weight is 195 g/mol. The lowest BCUT2D eigenvalue weighted by Gasteiger charge is -2.05. The largest absolute Gasteiger partial charge is 0.545 e. The molecule has 0 unspecified atom stereocenters. The van der Waals surface area contributed by atoms with Crippen molar-refractivity contribution in [2.45, 2.75) is 0 Å². The summed E-state index contributed by atoms with van der Waals surface area (Å²) in [5.74, 6) is -1.21. The lowest BCUT2D eigenvalue weighted by atomic mass is 10.2. The van der Waals surface area contributed by atoms with Crippen LogP contribution >= 0.6 is 12.2 Å². The smallest absolute Gasteiger partial charge is 0.168 e. The first kappa shape index (κ1) is 9.47. The van der Waals surface area contributed by atoms with Crippen molar-refractivity contribution in [2.75, 3.05) is 5.32 Å². The number of carbonyl (C=O) groups is 1. The molecule has 0 saturated carbocycles. The molecular weight excluding hydrogens is 188 g/mol. The number of anilines is 1. The number of thiocarbonyl (C=S) groups is 1. The summed E-state index contributed by atoms with van der Waals surface area (Å²) in [6, 6.07) is 5.94. The second kappa shape index (κ2) is 3.86. The molecular formula is C8H7N2O2S-. The van der Waals surface area contributed by atoms with Gasteiger partial charge in [-0.05, 0) is 29.9 Å². The zero-order valence-corrected chi connectivity index (χ0v) is 7.43. The van der Waals surface area contributed by atoms with Gasteiger partial charge < -0.3 is 21.0 Å². The van der Waals surface area contributed by atoms with Crippen molar-refractivity contribution in [3.05, 3.63) is 29.8 Å². The van der Waals surface area contributed by atoms with Gasteiger partial charge in [0.1, 0.15) is 0 Å². The maximum Gasteiger partial charge on any atom is 0.168 e. The Hall–Kier alpha value is -1.62. The molecule has 0 saturated heterocycles. The van der Waals surface area contributed by atoms with Crippen LogP contribution in [0.1, 0.15) is 10.4 Å². The highest BCUT2D eigenvalue weighted by Crippen LogP contribution is 2.08. The van der Waals surface area contributed by atoms with E-state index in [0.29, 0.717) is 5.69 Å². The van der Waals surface area contributed by atoms with Crippen molar-refractivity contribution in [1.82, 2.24) is 0 Å². The third-order valence-electron chi connectivity index (χ3n) is 1.39. The molecule has 0 spiro atoms. The van der Waals surface area contributed by atoms with Gasteiger partial charge >= 0.3 is 0 Å². The van der Waals surface area contributed by atoms with Crippen LogP contribution in [0.4, 0.5) is 5.69 Å². The number of carboxylic acids is 1. The number of carboxylic acid groups (broad SMARTS) is 1. The molecule has 1 rings (SSSR count). The van der Waals surface area contributed by atoms with Crippen LogP contribution in [0.5, 0.6) is 0 Å². The van der Waals surface area contributed by atoms with E-state index in [1.807, 2.05) is 0 Å². The van der Waals surface area contributed by atoms with E-state index in [0.717, 1.165) is 0 Å². The van der Waals surface area contributed by atoms with E-state index in [1.165, 1.54) is 12.1 Å². The van der Waals surface area contributed by atoms with Gasteiger partial charge in [-0.25, -0.2) is 0 Å². The van der Waals surface area contributed by atoms with Gasteiger partial charge in [-0.2, -0.15) is 0 Å². The van der Waals surface area contributed by atoms with E-state index >= 15 is 0 Å². The van der Waals surface area contributed by atoms with Crippen LogP contribution in [-0.2, 0) is 0 Å². The number of nitrogens with two attached hydrogens (primary N) is 1. The minimum atomic E-state index is -1.21. The molecule has 0 bridgehead atoms. The van der Waals surface area contributed by atoms with Crippen LogP contribution in [0.3, 0.4) is 0 Å². The van der Waals surface area contributed by atoms with Gasteiger partial charge in [-0.3, -0.25) is 0 Å². The second-order valence-corrected chi connectivity index (χ2v) is 2.79. The second-order valence-electron chi connectivity index (χ2n) is 2.35. The fourth-order valence-electron chi connectivity index (χ4n) is 0.832. The van der Waals surface area contributed by atoms with Crippen molar-refractivity contribution >= 4 is 29.0 Å². The Morgan fingerprint density at radius 3 is 2.31 bits per heavy atom. The first-order chi connectivity index (χ1) is 6.09. The van der Waals surface area contributed by atoms with E-state index < -0.39 is 5.97 Å². The van der Waals surface area contributed by atoms with Crippen LogP contribution in [-0.4, -0.2) is 11.1 Å². The van der Waals surface area contributed by atoms with Crippen LogP contribution < -0.4 is 16.2 Å². The Bertz CT molecular complexity index is 335. The molecule has 0 heterocycles. The molecule has 0 atom stereocenters. The normalized spacial score (nSPS) is 9.23. The van der Waals surface area contributed by atoms with Crippen LogP contribution in [0.15, 0.2) is 24.3 Å². The topological polar surface area (TPSA) is 78.2 Å². The van der Waals surface area contributed by atoms with Gasteiger partial charge in [0.15, 0.2) is 5.11 Å².